The Morgan fingerprint density at radius 3 is 2.57 bits per heavy atom. The van der Waals surface area contributed by atoms with Gasteiger partial charge in [-0.3, -0.25) is 0 Å². The number of sulfonamides is 1. The molecule has 0 spiro atoms. The van der Waals surface area contributed by atoms with Gasteiger partial charge in [-0.15, -0.1) is 11.3 Å². The molecule has 2 N–H and O–H groups in total. The van der Waals surface area contributed by atoms with Crippen LogP contribution in [0.15, 0.2) is 39.9 Å². The summed E-state index contributed by atoms with van der Waals surface area (Å²) in [6.45, 7) is 4.63. The predicted octanol–water partition coefficient (Wildman–Crippen LogP) is 2.51. The number of anilines is 1. The van der Waals surface area contributed by atoms with Crippen molar-refractivity contribution < 1.29 is 27.5 Å². The zero-order valence-corrected chi connectivity index (χ0v) is 17.2. The van der Waals surface area contributed by atoms with Crippen LogP contribution >= 0.6 is 11.3 Å². The van der Waals surface area contributed by atoms with E-state index >= 15 is 0 Å². The Balaban J connectivity index is 1.86. The number of aromatic nitrogens is 1. The number of carbonyl (C=O) groups excluding carboxylic acids is 2. The fourth-order valence-electron chi connectivity index (χ4n) is 1.90. The topological polar surface area (TPSA) is 124 Å². The van der Waals surface area contributed by atoms with Gasteiger partial charge in [0.2, 0.25) is 10.0 Å². The maximum Gasteiger partial charge on any atom is 0.516 e. The lowest BCUT2D eigenvalue weighted by Crippen LogP contribution is -2.28. The van der Waals surface area contributed by atoms with Gasteiger partial charge in [0.05, 0.1) is 12.2 Å². The SMILES string of the molecule is CC(C)(C)OC(=O)OC(=O)CNc1cccc(CNS(=O)(=O)c2cccs2)n1. The smallest absolute Gasteiger partial charge is 0.428 e. The molecule has 11 heteroatoms. The molecule has 0 fully saturated rings. The minimum atomic E-state index is -3.60. The number of hydrogen-bond donors (Lipinski definition) is 2. The van der Waals surface area contributed by atoms with Crippen LogP contribution in [0.1, 0.15) is 26.5 Å². The predicted molar refractivity (Wildman–Crippen MR) is 103 cm³/mol. The van der Waals surface area contributed by atoms with Crippen molar-refractivity contribution in [3.63, 3.8) is 0 Å². The van der Waals surface area contributed by atoms with E-state index in [2.05, 4.69) is 19.8 Å². The highest BCUT2D eigenvalue weighted by atomic mass is 32.2. The third kappa shape index (κ3) is 7.25. The molecule has 0 radical (unpaired) electrons. The first-order chi connectivity index (χ1) is 13.0. The van der Waals surface area contributed by atoms with Gasteiger partial charge in [0.1, 0.15) is 22.2 Å². The molecule has 0 aliphatic heterocycles. The van der Waals surface area contributed by atoms with Gasteiger partial charge in [0.15, 0.2) is 0 Å². The molecule has 0 saturated heterocycles. The van der Waals surface area contributed by atoms with Crippen molar-refractivity contribution in [2.75, 3.05) is 11.9 Å². The Morgan fingerprint density at radius 1 is 1.18 bits per heavy atom. The Hall–Kier alpha value is -2.50. The Bertz CT molecular complexity index is 921. The monoisotopic (exact) mass is 427 g/mol. The molecule has 0 saturated carbocycles. The average molecular weight is 428 g/mol. The summed E-state index contributed by atoms with van der Waals surface area (Å²) in [5, 5.41) is 4.38. The molecule has 2 heterocycles. The van der Waals surface area contributed by atoms with Crippen molar-refractivity contribution in [3.05, 3.63) is 41.4 Å². The fraction of sp³-hybridized carbons (Fsp3) is 0.353. The molecule has 2 rings (SSSR count). The lowest BCUT2D eigenvalue weighted by Gasteiger charge is -2.18. The van der Waals surface area contributed by atoms with E-state index in [0.717, 1.165) is 11.3 Å². The number of ether oxygens (including phenoxy) is 2. The van der Waals surface area contributed by atoms with Gasteiger partial charge in [0, 0.05) is 0 Å². The zero-order chi connectivity index (χ0) is 20.8. The number of carbonyl (C=O) groups is 2. The molecular weight excluding hydrogens is 406 g/mol. The standard InChI is InChI=1S/C17H21N3O6S2/c1-17(2,3)26-16(22)25-14(21)11-18-13-7-4-6-12(20-13)10-19-28(23,24)15-8-5-9-27-15/h4-9,19H,10-11H2,1-3H3,(H,18,20). The van der Waals surface area contributed by atoms with Gasteiger partial charge in [0.25, 0.3) is 0 Å². The number of nitrogens with one attached hydrogen (secondary N) is 2. The van der Waals surface area contributed by atoms with Crippen LogP contribution in [0.3, 0.4) is 0 Å². The van der Waals surface area contributed by atoms with Crippen molar-refractivity contribution in [1.82, 2.24) is 9.71 Å². The maximum atomic E-state index is 12.1. The van der Waals surface area contributed by atoms with E-state index in [1.54, 1.807) is 50.4 Å². The number of hydrogen-bond acceptors (Lipinski definition) is 9. The second kappa shape index (κ2) is 9.13. The number of pyridine rings is 1. The number of esters is 1. The van der Waals surface area contributed by atoms with E-state index in [0.29, 0.717) is 11.5 Å². The van der Waals surface area contributed by atoms with E-state index in [1.165, 1.54) is 6.07 Å². The second-order valence-electron chi connectivity index (χ2n) is 6.56. The normalized spacial score (nSPS) is 11.7. The summed E-state index contributed by atoms with van der Waals surface area (Å²) >= 11 is 1.12. The average Bonchev–Trinajstić information content (AvgIpc) is 3.12. The summed E-state index contributed by atoms with van der Waals surface area (Å²) in [6, 6.07) is 8.05. The van der Waals surface area contributed by atoms with Crippen LogP contribution in [-0.2, 0) is 30.8 Å². The quantitative estimate of drug-likeness (QED) is 0.510. The van der Waals surface area contributed by atoms with Gasteiger partial charge in [-0.25, -0.2) is 27.7 Å². The first-order valence-electron chi connectivity index (χ1n) is 8.22. The van der Waals surface area contributed by atoms with Crippen LogP contribution < -0.4 is 10.0 Å². The molecule has 0 bridgehead atoms. The lowest BCUT2D eigenvalue weighted by atomic mass is 10.2. The Morgan fingerprint density at radius 2 is 1.93 bits per heavy atom. The molecule has 28 heavy (non-hydrogen) atoms. The molecule has 0 aromatic carbocycles. The Kier molecular flexibility index (Phi) is 7.11. The summed E-state index contributed by atoms with van der Waals surface area (Å²) < 4.78 is 36.3. The lowest BCUT2D eigenvalue weighted by molar-refractivity contribution is -0.139. The highest BCUT2D eigenvalue weighted by Gasteiger charge is 2.20. The largest absolute Gasteiger partial charge is 0.516 e. The third-order valence-corrected chi connectivity index (χ3v) is 5.81. The number of rotatable bonds is 7. The van der Waals surface area contributed by atoms with Crippen molar-refractivity contribution in [3.8, 4) is 0 Å². The van der Waals surface area contributed by atoms with E-state index in [1.807, 2.05) is 0 Å². The molecule has 0 unspecified atom stereocenters. The van der Waals surface area contributed by atoms with Crippen molar-refractivity contribution >= 4 is 39.3 Å². The minimum absolute atomic E-state index is 0.0158. The van der Waals surface area contributed by atoms with Gasteiger partial charge >= 0.3 is 12.1 Å². The molecule has 2 aromatic heterocycles. The summed E-state index contributed by atoms with van der Waals surface area (Å²) in [5.41, 5.74) is -0.317. The molecule has 0 aliphatic rings. The van der Waals surface area contributed by atoms with Crippen LogP contribution in [0, 0.1) is 0 Å². The second-order valence-corrected chi connectivity index (χ2v) is 9.50. The molecule has 0 aliphatic carbocycles. The van der Waals surface area contributed by atoms with Gasteiger partial charge < -0.3 is 14.8 Å². The molecule has 0 atom stereocenters. The number of thiophene rings is 1. The first-order valence-corrected chi connectivity index (χ1v) is 10.6. The first kappa shape index (κ1) is 21.8. The molecule has 2 aromatic rings. The summed E-state index contributed by atoms with van der Waals surface area (Å²) in [5.74, 6) is -0.506. The van der Waals surface area contributed by atoms with E-state index in [4.69, 9.17) is 4.74 Å². The van der Waals surface area contributed by atoms with Crippen LogP contribution in [0.4, 0.5) is 10.6 Å². The fourth-order valence-corrected chi connectivity index (χ4v) is 3.93. The van der Waals surface area contributed by atoms with Gasteiger partial charge in [-0.05, 0) is 44.4 Å². The Labute approximate surface area is 167 Å². The van der Waals surface area contributed by atoms with Crippen LogP contribution in [-0.4, -0.2) is 37.7 Å². The minimum Gasteiger partial charge on any atom is -0.428 e. The van der Waals surface area contributed by atoms with Crippen LogP contribution in [0.5, 0.6) is 0 Å². The van der Waals surface area contributed by atoms with Crippen LogP contribution in [0.25, 0.3) is 0 Å². The molecule has 9 nitrogen and oxygen atoms in total. The van der Waals surface area contributed by atoms with E-state index in [-0.39, 0.29) is 17.3 Å². The van der Waals surface area contributed by atoms with Gasteiger partial charge in [-0.2, -0.15) is 0 Å². The summed E-state index contributed by atoms with van der Waals surface area (Å²) in [4.78, 5) is 27.3. The zero-order valence-electron chi connectivity index (χ0n) is 15.6. The molecule has 152 valence electrons. The number of nitrogens with zero attached hydrogens (tertiary/aromatic N) is 1. The highest BCUT2D eigenvalue weighted by Crippen LogP contribution is 2.16. The highest BCUT2D eigenvalue weighted by molar-refractivity contribution is 7.91. The third-order valence-electron chi connectivity index (χ3n) is 3.01. The van der Waals surface area contributed by atoms with Crippen molar-refractivity contribution in [2.45, 2.75) is 37.1 Å². The van der Waals surface area contributed by atoms with E-state index < -0.39 is 27.7 Å². The molecule has 0 amide bonds. The molecular formula is C17H21N3O6S2. The van der Waals surface area contributed by atoms with Crippen molar-refractivity contribution in [2.24, 2.45) is 0 Å². The van der Waals surface area contributed by atoms with Crippen LogP contribution in [0.2, 0.25) is 0 Å². The van der Waals surface area contributed by atoms with E-state index in [9.17, 15) is 18.0 Å². The summed E-state index contributed by atoms with van der Waals surface area (Å²) in [6.07, 6.45) is -1.08. The van der Waals surface area contributed by atoms with Crippen molar-refractivity contribution in [1.29, 1.82) is 0 Å². The summed E-state index contributed by atoms with van der Waals surface area (Å²) in [7, 11) is -3.60. The maximum absolute atomic E-state index is 12.1. The van der Waals surface area contributed by atoms with Gasteiger partial charge in [-0.1, -0.05) is 12.1 Å².